The van der Waals surface area contributed by atoms with Crippen LogP contribution in [0.25, 0.3) is 0 Å². The van der Waals surface area contributed by atoms with Gasteiger partial charge in [0.05, 0.1) is 0 Å². The first-order valence-corrected chi connectivity index (χ1v) is 8.38. The van der Waals surface area contributed by atoms with E-state index < -0.39 is 50.3 Å². The third-order valence-electron chi connectivity index (χ3n) is 3.36. The van der Waals surface area contributed by atoms with Crippen LogP contribution in [-0.2, 0) is 14.0 Å². The molecule has 5 atom stereocenters. The molecule has 23 heavy (non-hydrogen) atoms. The number of rotatable bonds is 4. The zero-order valence-electron chi connectivity index (χ0n) is 12.0. The van der Waals surface area contributed by atoms with E-state index >= 15 is 0 Å². The maximum atomic E-state index is 14.2. The number of aromatic nitrogens is 2. The fourth-order valence-electron chi connectivity index (χ4n) is 2.21. The zero-order chi connectivity index (χ0) is 17.4. The molecule has 0 aromatic carbocycles. The number of hydrogen-bond acceptors (Lipinski definition) is 7. The summed E-state index contributed by atoms with van der Waals surface area (Å²) in [5.74, 6) is -0.969. The van der Waals surface area contributed by atoms with Crippen LogP contribution < -0.4 is 11.4 Å². The van der Waals surface area contributed by atoms with Crippen LogP contribution in [0.15, 0.2) is 17.1 Å². The molecule has 1 aliphatic heterocycles. The van der Waals surface area contributed by atoms with E-state index in [2.05, 4.69) is 4.98 Å². The summed E-state index contributed by atoms with van der Waals surface area (Å²) < 4.78 is 36.1. The topological polar surface area (TPSA) is 157 Å². The number of ether oxygens (including phenoxy) is 2. The highest BCUT2D eigenvalue weighted by molar-refractivity contribution is 7.51. The molecule has 5 N–H and O–H groups in total. The Morgan fingerprint density at radius 2 is 2.22 bits per heavy atom. The zero-order valence-corrected chi connectivity index (χ0v) is 12.9. The average molecular weight is 353 g/mol. The summed E-state index contributed by atoms with van der Waals surface area (Å²) in [4.78, 5) is 32.9. The Morgan fingerprint density at radius 3 is 2.78 bits per heavy atom. The van der Waals surface area contributed by atoms with Crippen molar-refractivity contribution in [2.45, 2.75) is 31.7 Å². The highest BCUT2D eigenvalue weighted by Gasteiger charge is 2.45. The molecule has 2 unspecified atom stereocenters. The summed E-state index contributed by atoms with van der Waals surface area (Å²) in [6.07, 6.45) is -6.25. The van der Waals surface area contributed by atoms with Gasteiger partial charge in [0.15, 0.2) is 12.6 Å². The van der Waals surface area contributed by atoms with Crippen LogP contribution in [0.1, 0.15) is 13.2 Å². The third kappa shape index (κ3) is 4.14. The van der Waals surface area contributed by atoms with Crippen molar-refractivity contribution in [1.29, 1.82) is 0 Å². The number of aliphatic hydroxyl groups excluding tert-OH is 1. The second-order valence-electron chi connectivity index (χ2n) is 5.19. The Balaban J connectivity index is 2.25. The second kappa shape index (κ2) is 6.63. The number of hydrogen-bond donors (Lipinski definition) is 4. The molecular weight excluding hydrogens is 336 g/mol. The summed E-state index contributed by atoms with van der Waals surface area (Å²) in [6.45, 7) is 1.40. The molecule has 1 saturated heterocycles. The van der Waals surface area contributed by atoms with Gasteiger partial charge in [0, 0.05) is 12.1 Å². The van der Waals surface area contributed by atoms with Crippen molar-refractivity contribution in [3.63, 3.8) is 0 Å². The molecule has 1 fully saturated rings. The maximum Gasteiger partial charge on any atom is 0.351 e. The molecule has 0 amide bonds. The van der Waals surface area contributed by atoms with Crippen LogP contribution in [0.5, 0.6) is 0 Å². The Bertz CT molecular complexity index is 665. The maximum absolute atomic E-state index is 14.2. The number of anilines is 1. The summed E-state index contributed by atoms with van der Waals surface area (Å²) in [5, 5.41) is 9.78. The van der Waals surface area contributed by atoms with Crippen LogP contribution in [0.4, 0.5) is 10.2 Å². The lowest BCUT2D eigenvalue weighted by Gasteiger charge is -2.40. The number of alkyl halides is 1. The first kappa shape index (κ1) is 18.0. The highest BCUT2D eigenvalue weighted by Crippen LogP contribution is 2.38. The van der Waals surface area contributed by atoms with Crippen molar-refractivity contribution in [3.05, 3.63) is 22.7 Å². The Kier molecular flexibility index (Phi) is 5.19. The van der Waals surface area contributed by atoms with Crippen LogP contribution in [0.2, 0.25) is 0 Å². The van der Waals surface area contributed by atoms with Crippen molar-refractivity contribution in [1.82, 2.24) is 9.55 Å². The number of nitrogen functional groups attached to an aromatic ring is 1. The number of nitrogens with two attached hydrogens (primary N) is 1. The van der Waals surface area contributed by atoms with E-state index in [1.54, 1.807) is 0 Å². The average Bonchev–Trinajstić information content (AvgIpc) is 2.44. The van der Waals surface area contributed by atoms with E-state index in [9.17, 15) is 18.9 Å². The van der Waals surface area contributed by atoms with Gasteiger partial charge in [0.25, 0.3) is 0 Å². The third-order valence-corrected chi connectivity index (χ3v) is 3.85. The van der Waals surface area contributed by atoms with Crippen molar-refractivity contribution < 1.29 is 33.3 Å². The van der Waals surface area contributed by atoms with Crippen molar-refractivity contribution >= 4 is 13.4 Å². The smallest absolute Gasteiger partial charge is 0.351 e. The van der Waals surface area contributed by atoms with Gasteiger partial charge in [0.1, 0.15) is 24.3 Å². The van der Waals surface area contributed by atoms with Gasteiger partial charge in [0.2, 0.25) is 0 Å². The predicted molar refractivity (Wildman–Crippen MR) is 74.9 cm³/mol. The minimum atomic E-state index is -4.53. The van der Waals surface area contributed by atoms with Gasteiger partial charge in [-0.1, -0.05) is 6.92 Å². The first-order valence-electron chi connectivity index (χ1n) is 6.58. The lowest BCUT2D eigenvalue weighted by Crippen LogP contribution is -2.52. The summed E-state index contributed by atoms with van der Waals surface area (Å²) >= 11 is 0. The monoisotopic (exact) mass is 353 g/mol. The van der Waals surface area contributed by atoms with Crippen LogP contribution in [0, 0.1) is 5.92 Å². The minimum Gasteiger partial charge on any atom is -0.385 e. The van der Waals surface area contributed by atoms with Gasteiger partial charge in [-0.05, 0) is 6.07 Å². The molecule has 0 spiro atoms. The molecule has 12 heteroatoms. The molecule has 2 heterocycles. The molecule has 0 radical (unpaired) electrons. The van der Waals surface area contributed by atoms with Crippen molar-refractivity contribution in [2.75, 3.05) is 12.1 Å². The molecular formula is C11H17FN3O7P. The molecule has 0 bridgehead atoms. The van der Waals surface area contributed by atoms with E-state index in [0.29, 0.717) is 0 Å². The highest BCUT2D eigenvalue weighted by atomic mass is 31.2. The van der Waals surface area contributed by atoms with Crippen molar-refractivity contribution in [2.24, 2.45) is 5.92 Å². The molecule has 1 aliphatic rings. The molecule has 1 aromatic rings. The lowest BCUT2D eigenvalue weighted by molar-refractivity contribution is -0.287. The number of halogens is 1. The standard InChI is InChI=1S/C11H17FN3O7P/c1-5-7(12)8(16)10(21-4-23(18,19)20)22-9(5)15-3-2-6(13)14-11(15)17/h2-3,5,7-10,16H,4H2,1H3,(H2,13,14,17)(H2,18,19,20)/t5?,7-,8?,9-,10+/m1/s1. The van der Waals surface area contributed by atoms with Gasteiger partial charge in [-0.2, -0.15) is 4.98 Å². The van der Waals surface area contributed by atoms with E-state index in [1.165, 1.54) is 19.2 Å². The Labute approximate surface area is 129 Å². The summed E-state index contributed by atoms with van der Waals surface area (Å²) in [5.41, 5.74) is 4.58. The lowest BCUT2D eigenvalue weighted by atomic mass is 9.96. The molecule has 1 aromatic heterocycles. The van der Waals surface area contributed by atoms with E-state index in [-0.39, 0.29) is 5.82 Å². The summed E-state index contributed by atoms with van der Waals surface area (Å²) in [7, 11) is -4.53. The van der Waals surface area contributed by atoms with Gasteiger partial charge < -0.3 is 30.1 Å². The largest absolute Gasteiger partial charge is 0.385 e. The molecule has 2 rings (SSSR count). The molecule has 10 nitrogen and oxygen atoms in total. The number of nitrogens with zero attached hydrogens (tertiary/aromatic N) is 2. The van der Waals surface area contributed by atoms with Gasteiger partial charge in [-0.3, -0.25) is 9.13 Å². The van der Waals surface area contributed by atoms with E-state index in [0.717, 1.165) is 4.57 Å². The quantitative estimate of drug-likeness (QED) is 0.507. The molecule has 0 saturated carbocycles. The Hall–Kier alpha value is -1.36. The fraction of sp³-hybridized carbons (Fsp3) is 0.636. The fourth-order valence-corrected chi connectivity index (χ4v) is 2.55. The van der Waals surface area contributed by atoms with Gasteiger partial charge in [-0.15, -0.1) is 0 Å². The number of aliphatic hydroxyl groups is 1. The van der Waals surface area contributed by atoms with Crippen LogP contribution >= 0.6 is 7.60 Å². The normalized spacial score (nSPS) is 32.0. The molecule has 130 valence electrons. The minimum absolute atomic E-state index is 0.0270. The first-order chi connectivity index (χ1) is 10.6. The summed E-state index contributed by atoms with van der Waals surface area (Å²) in [6, 6.07) is 1.31. The predicted octanol–water partition coefficient (Wildman–Crippen LogP) is -0.833. The molecule has 0 aliphatic carbocycles. The second-order valence-corrected chi connectivity index (χ2v) is 6.78. The van der Waals surface area contributed by atoms with E-state index in [4.69, 9.17) is 25.0 Å². The van der Waals surface area contributed by atoms with Crippen molar-refractivity contribution in [3.8, 4) is 0 Å². The van der Waals surface area contributed by atoms with Crippen LogP contribution in [0.3, 0.4) is 0 Å². The van der Waals surface area contributed by atoms with Crippen LogP contribution in [-0.4, -0.2) is 49.4 Å². The van der Waals surface area contributed by atoms with Gasteiger partial charge in [-0.25, -0.2) is 9.18 Å². The SMILES string of the molecule is CC1[C@@H](F)C(O)[C@@H](OCP(=O)(O)O)O[C@H]1n1ccc(N)nc1=O. The van der Waals surface area contributed by atoms with Gasteiger partial charge >= 0.3 is 13.3 Å². The Morgan fingerprint density at radius 1 is 1.57 bits per heavy atom. The van der Waals surface area contributed by atoms with E-state index in [1.807, 2.05) is 0 Å².